The van der Waals surface area contributed by atoms with Crippen molar-refractivity contribution in [1.29, 1.82) is 0 Å². The first kappa shape index (κ1) is 13.4. The molecular formula is C13H27NS. The van der Waals surface area contributed by atoms with E-state index < -0.39 is 0 Å². The van der Waals surface area contributed by atoms with E-state index in [4.69, 9.17) is 0 Å². The molecule has 1 rings (SSSR count). The van der Waals surface area contributed by atoms with Crippen molar-refractivity contribution >= 4 is 11.8 Å². The summed E-state index contributed by atoms with van der Waals surface area (Å²) in [4.78, 5) is 0. The Morgan fingerprint density at radius 1 is 1.13 bits per heavy atom. The van der Waals surface area contributed by atoms with Gasteiger partial charge in [-0.1, -0.05) is 32.6 Å². The van der Waals surface area contributed by atoms with Crippen LogP contribution < -0.4 is 5.32 Å². The summed E-state index contributed by atoms with van der Waals surface area (Å²) in [5, 5.41) is 3.57. The van der Waals surface area contributed by atoms with E-state index in [-0.39, 0.29) is 0 Å². The van der Waals surface area contributed by atoms with Crippen molar-refractivity contribution in [1.82, 2.24) is 5.32 Å². The van der Waals surface area contributed by atoms with E-state index in [9.17, 15) is 0 Å². The van der Waals surface area contributed by atoms with Crippen molar-refractivity contribution < 1.29 is 0 Å². The average Bonchev–Trinajstić information content (AvgIpc) is 2.26. The van der Waals surface area contributed by atoms with Gasteiger partial charge in [0.1, 0.15) is 0 Å². The van der Waals surface area contributed by atoms with Crippen LogP contribution in [-0.4, -0.2) is 25.1 Å². The second-order valence-electron chi connectivity index (χ2n) is 5.01. The summed E-state index contributed by atoms with van der Waals surface area (Å²) >= 11 is 1.95. The lowest BCUT2D eigenvalue weighted by Crippen LogP contribution is -2.22. The Kier molecular flexibility index (Phi) is 7.54. The lowest BCUT2D eigenvalue weighted by molar-refractivity contribution is 0.275. The molecule has 1 nitrogen and oxygen atoms in total. The Balaban J connectivity index is 1.87. The minimum absolute atomic E-state index is 0.996. The van der Waals surface area contributed by atoms with Gasteiger partial charge in [-0.25, -0.2) is 0 Å². The number of rotatable bonds is 7. The largest absolute Gasteiger partial charge is 0.317 e. The Morgan fingerprint density at radius 3 is 2.53 bits per heavy atom. The molecule has 0 spiro atoms. The van der Waals surface area contributed by atoms with Gasteiger partial charge in [-0.15, -0.1) is 0 Å². The van der Waals surface area contributed by atoms with Gasteiger partial charge in [-0.3, -0.25) is 0 Å². The molecule has 0 aromatic carbocycles. The normalized spacial score (nSPS) is 26.8. The van der Waals surface area contributed by atoms with Gasteiger partial charge in [-0.2, -0.15) is 11.8 Å². The van der Waals surface area contributed by atoms with E-state index in [2.05, 4.69) is 18.5 Å². The molecule has 1 N–H and O–H groups in total. The monoisotopic (exact) mass is 229 g/mol. The molecule has 90 valence electrons. The summed E-state index contributed by atoms with van der Waals surface area (Å²) in [6.45, 7) is 4.86. The van der Waals surface area contributed by atoms with Crippen LogP contribution in [0.4, 0.5) is 0 Å². The second-order valence-corrected chi connectivity index (χ2v) is 6.00. The second kappa shape index (κ2) is 8.46. The summed E-state index contributed by atoms with van der Waals surface area (Å²) in [6, 6.07) is 0. The molecule has 2 heteroatoms. The lowest BCUT2D eigenvalue weighted by atomic mass is 9.81. The Morgan fingerprint density at radius 2 is 1.87 bits per heavy atom. The topological polar surface area (TPSA) is 12.0 Å². The number of nitrogens with one attached hydrogen (secondary N) is 1. The molecule has 0 unspecified atom stereocenters. The van der Waals surface area contributed by atoms with Gasteiger partial charge < -0.3 is 5.32 Å². The van der Waals surface area contributed by atoms with Gasteiger partial charge in [0.25, 0.3) is 0 Å². The highest BCUT2D eigenvalue weighted by atomic mass is 32.2. The zero-order valence-corrected chi connectivity index (χ0v) is 11.2. The van der Waals surface area contributed by atoms with Crippen LogP contribution in [0, 0.1) is 11.8 Å². The summed E-state index contributed by atoms with van der Waals surface area (Å²) in [5.74, 6) is 3.32. The van der Waals surface area contributed by atoms with E-state index in [1.807, 2.05) is 11.8 Å². The molecule has 0 aliphatic heterocycles. The van der Waals surface area contributed by atoms with Gasteiger partial charge in [0, 0.05) is 0 Å². The van der Waals surface area contributed by atoms with E-state index in [1.54, 1.807) is 0 Å². The predicted octanol–water partition coefficient (Wildman–Crippen LogP) is 3.55. The summed E-state index contributed by atoms with van der Waals surface area (Å²) < 4.78 is 0. The first-order chi connectivity index (χ1) is 7.33. The molecule has 1 saturated carbocycles. The molecular weight excluding hydrogens is 202 g/mol. The molecule has 0 amide bonds. The number of thioether (sulfide) groups is 1. The third kappa shape index (κ3) is 6.47. The molecule has 1 fully saturated rings. The van der Waals surface area contributed by atoms with Gasteiger partial charge in [-0.05, 0) is 49.8 Å². The highest BCUT2D eigenvalue weighted by Crippen LogP contribution is 2.29. The van der Waals surface area contributed by atoms with E-state index >= 15 is 0 Å². The quantitative estimate of drug-likeness (QED) is 0.670. The van der Waals surface area contributed by atoms with Crippen molar-refractivity contribution in [2.24, 2.45) is 11.8 Å². The van der Waals surface area contributed by atoms with Crippen molar-refractivity contribution in [2.45, 2.75) is 45.4 Å². The molecule has 0 saturated heterocycles. The lowest BCUT2D eigenvalue weighted by Gasteiger charge is -2.26. The van der Waals surface area contributed by atoms with Gasteiger partial charge in [0.15, 0.2) is 0 Å². The average molecular weight is 229 g/mol. The van der Waals surface area contributed by atoms with E-state index in [0.29, 0.717) is 0 Å². The van der Waals surface area contributed by atoms with Crippen LogP contribution in [0.1, 0.15) is 45.4 Å². The molecule has 0 aromatic rings. The SMILES string of the molecule is CSCCCNCCC1CCC(C)CC1. The molecule has 1 aliphatic rings. The smallest absolute Gasteiger partial charge is 0.00411 e. The Labute approximate surface area is 99.8 Å². The highest BCUT2D eigenvalue weighted by molar-refractivity contribution is 7.98. The third-order valence-electron chi connectivity index (χ3n) is 3.57. The van der Waals surface area contributed by atoms with Gasteiger partial charge in [0.05, 0.1) is 0 Å². The summed E-state index contributed by atoms with van der Waals surface area (Å²) in [6.07, 6.45) is 10.8. The molecule has 1 aliphatic carbocycles. The predicted molar refractivity (Wildman–Crippen MR) is 71.6 cm³/mol. The summed E-state index contributed by atoms with van der Waals surface area (Å²) in [5.41, 5.74) is 0. The van der Waals surface area contributed by atoms with E-state index in [1.165, 1.54) is 57.4 Å². The first-order valence-electron chi connectivity index (χ1n) is 6.52. The fourth-order valence-corrected chi connectivity index (χ4v) is 2.82. The zero-order valence-electron chi connectivity index (χ0n) is 10.4. The molecule has 0 radical (unpaired) electrons. The fraction of sp³-hybridized carbons (Fsp3) is 1.00. The van der Waals surface area contributed by atoms with Gasteiger partial charge >= 0.3 is 0 Å². The van der Waals surface area contributed by atoms with Crippen LogP contribution in [-0.2, 0) is 0 Å². The van der Waals surface area contributed by atoms with Crippen LogP contribution >= 0.6 is 11.8 Å². The third-order valence-corrected chi connectivity index (χ3v) is 4.26. The van der Waals surface area contributed by atoms with Crippen molar-refractivity contribution in [3.63, 3.8) is 0 Å². The summed E-state index contributed by atoms with van der Waals surface area (Å²) in [7, 11) is 0. The van der Waals surface area contributed by atoms with Crippen LogP contribution in [0.3, 0.4) is 0 Å². The maximum absolute atomic E-state index is 3.57. The number of hydrogen-bond acceptors (Lipinski definition) is 2. The Bertz CT molecular complexity index is 141. The van der Waals surface area contributed by atoms with E-state index in [0.717, 1.165) is 11.8 Å². The molecule has 0 bridgehead atoms. The molecule has 15 heavy (non-hydrogen) atoms. The van der Waals surface area contributed by atoms with Crippen LogP contribution in [0.5, 0.6) is 0 Å². The van der Waals surface area contributed by atoms with Crippen LogP contribution in [0.2, 0.25) is 0 Å². The molecule has 0 aromatic heterocycles. The molecule has 0 heterocycles. The van der Waals surface area contributed by atoms with Gasteiger partial charge in [0.2, 0.25) is 0 Å². The van der Waals surface area contributed by atoms with Crippen molar-refractivity contribution in [3.8, 4) is 0 Å². The molecule has 0 atom stereocenters. The standard InChI is InChI=1S/C13H27NS/c1-12-4-6-13(7-5-12)8-10-14-9-3-11-15-2/h12-14H,3-11H2,1-2H3. The maximum atomic E-state index is 3.57. The maximum Gasteiger partial charge on any atom is -0.00411 e. The van der Waals surface area contributed by atoms with Crippen LogP contribution in [0.25, 0.3) is 0 Å². The number of hydrogen-bond donors (Lipinski definition) is 1. The van der Waals surface area contributed by atoms with Crippen molar-refractivity contribution in [3.05, 3.63) is 0 Å². The van der Waals surface area contributed by atoms with Crippen LogP contribution in [0.15, 0.2) is 0 Å². The zero-order chi connectivity index (χ0) is 10.9. The minimum atomic E-state index is 0.996. The minimum Gasteiger partial charge on any atom is -0.317 e. The first-order valence-corrected chi connectivity index (χ1v) is 7.92. The van der Waals surface area contributed by atoms with Crippen molar-refractivity contribution in [2.75, 3.05) is 25.1 Å². The fourth-order valence-electron chi connectivity index (χ4n) is 2.39. The highest BCUT2D eigenvalue weighted by Gasteiger charge is 2.17. The Hall–Kier alpha value is 0.310.